The molecule has 98 valence electrons. The zero-order chi connectivity index (χ0) is 13.8. The number of nitrogens with one attached hydrogen (secondary N) is 2. The Kier molecular flexibility index (Phi) is 3.75. The van der Waals surface area contributed by atoms with Gasteiger partial charge in [0, 0.05) is 11.9 Å². The Bertz CT molecular complexity index is 635. The zero-order valence-electron chi connectivity index (χ0n) is 10.8. The fourth-order valence-corrected chi connectivity index (χ4v) is 1.73. The van der Waals surface area contributed by atoms with Gasteiger partial charge in [0.15, 0.2) is 0 Å². The molecule has 0 radical (unpaired) electrons. The molecule has 0 spiro atoms. The lowest BCUT2D eigenvalue weighted by Crippen LogP contribution is -2.32. The number of aromatic nitrogens is 2. The van der Waals surface area contributed by atoms with Crippen LogP contribution < -0.4 is 10.9 Å². The molecule has 2 aromatic heterocycles. The van der Waals surface area contributed by atoms with Crippen LogP contribution in [0, 0.1) is 6.92 Å². The van der Waals surface area contributed by atoms with Crippen LogP contribution in [0.2, 0.25) is 0 Å². The predicted octanol–water partition coefficient (Wildman–Crippen LogP) is 1.57. The molecule has 2 N–H and O–H groups in total. The molecule has 0 aliphatic rings. The van der Waals surface area contributed by atoms with Gasteiger partial charge in [-0.25, -0.2) is 0 Å². The Hall–Kier alpha value is -2.43. The largest absolute Gasteiger partial charge is 0.344 e. The molecule has 2 rings (SSSR count). The van der Waals surface area contributed by atoms with E-state index in [9.17, 15) is 9.59 Å². The van der Waals surface area contributed by atoms with E-state index < -0.39 is 5.91 Å². The van der Waals surface area contributed by atoms with Gasteiger partial charge < -0.3 is 10.3 Å². The second-order valence-corrected chi connectivity index (χ2v) is 4.33. The first kappa shape index (κ1) is 13.0. The zero-order valence-corrected chi connectivity index (χ0v) is 10.8. The maximum absolute atomic E-state index is 12.0. The number of aryl methyl sites for hydroxylation is 1. The standard InChI is InChI=1S/C14H15N3O2/c1-9-6-7-11(13(18)16-9)14(19)17-10(2)12-5-3-4-8-15-12/h3-8,10H,1-2H3,(H,16,18)(H,17,19). The van der Waals surface area contributed by atoms with Crippen LogP contribution in [0.4, 0.5) is 0 Å². The van der Waals surface area contributed by atoms with Crippen LogP contribution >= 0.6 is 0 Å². The van der Waals surface area contributed by atoms with Gasteiger partial charge in [-0.05, 0) is 38.1 Å². The second kappa shape index (κ2) is 5.48. The number of H-pyrrole nitrogens is 1. The molecule has 0 aliphatic heterocycles. The van der Waals surface area contributed by atoms with Crippen molar-refractivity contribution in [3.63, 3.8) is 0 Å². The van der Waals surface area contributed by atoms with E-state index in [1.54, 1.807) is 19.2 Å². The molecule has 0 aromatic carbocycles. The molecule has 19 heavy (non-hydrogen) atoms. The topological polar surface area (TPSA) is 74.8 Å². The lowest BCUT2D eigenvalue weighted by molar-refractivity contribution is 0.0937. The summed E-state index contributed by atoms with van der Waals surface area (Å²) in [4.78, 5) is 30.4. The Morgan fingerprint density at radius 1 is 1.32 bits per heavy atom. The number of rotatable bonds is 3. The number of amides is 1. The van der Waals surface area contributed by atoms with E-state index in [1.807, 2.05) is 25.1 Å². The molecule has 1 amide bonds. The molecule has 0 aliphatic carbocycles. The summed E-state index contributed by atoms with van der Waals surface area (Å²) in [5.41, 5.74) is 1.19. The third kappa shape index (κ3) is 3.07. The smallest absolute Gasteiger partial charge is 0.260 e. The van der Waals surface area contributed by atoms with Gasteiger partial charge in [0.1, 0.15) is 5.56 Å². The van der Waals surface area contributed by atoms with Crippen molar-refractivity contribution in [3.8, 4) is 0 Å². The number of hydrogen-bond donors (Lipinski definition) is 2. The van der Waals surface area contributed by atoms with Gasteiger partial charge in [-0.2, -0.15) is 0 Å². The van der Waals surface area contributed by atoms with E-state index in [2.05, 4.69) is 15.3 Å². The third-order valence-electron chi connectivity index (χ3n) is 2.78. The number of aromatic amines is 1. The Morgan fingerprint density at radius 3 is 2.74 bits per heavy atom. The Balaban J connectivity index is 2.15. The van der Waals surface area contributed by atoms with Gasteiger partial charge in [-0.15, -0.1) is 0 Å². The number of carbonyl (C=O) groups is 1. The normalized spacial score (nSPS) is 11.9. The number of pyridine rings is 2. The van der Waals surface area contributed by atoms with E-state index in [-0.39, 0.29) is 17.2 Å². The maximum atomic E-state index is 12.0. The van der Waals surface area contributed by atoms with Crippen molar-refractivity contribution in [2.24, 2.45) is 0 Å². The second-order valence-electron chi connectivity index (χ2n) is 4.33. The van der Waals surface area contributed by atoms with E-state index in [0.29, 0.717) is 0 Å². The molecule has 2 heterocycles. The number of carbonyl (C=O) groups excluding carboxylic acids is 1. The minimum atomic E-state index is -0.403. The van der Waals surface area contributed by atoms with Crippen LogP contribution in [-0.4, -0.2) is 15.9 Å². The van der Waals surface area contributed by atoms with E-state index in [4.69, 9.17) is 0 Å². The summed E-state index contributed by atoms with van der Waals surface area (Å²) in [5.74, 6) is -0.403. The summed E-state index contributed by atoms with van der Waals surface area (Å²) in [6, 6.07) is 8.45. The van der Waals surface area contributed by atoms with E-state index in [1.165, 1.54) is 6.07 Å². The summed E-state index contributed by atoms with van der Waals surface area (Å²) in [5, 5.41) is 2.75. The first-order chi connectivity index (χ1) is 9.08. The highest BCUT2D eigenvalue weighted by atomic mass is 16.2. The van der Waals surface area contributed by atoms with E-state index >= 15 is 0 Å². The highest BCUT2D eigenvalue weighted by Gasteiger charge is 2.14. The van der Waals surface area contributed by atoms with Crippen LogP contribution in [0.25, 0.3) is 0 Å². The SMILES string of the molecule is Cc1ccc(C(=O)NC(C)c2ccccn2)c(=O)[nH]1. The molecule has 0 saturated carbocycles. The van der Waals surface area contributed by atoms with Gasteiger partial charge >= 0.3 is 0 Å². The fourth-order valence-electron chi connectivity index (χ4n) is 1.73. The summed E-state index contributed by atoms with van der Waals surface area (Å²) in [6.07, 6.45) is 1.66. The fraction of sp³-hybridized carbons (Fsp3) is 0.214. The predicted molar refractivity (Wildman–Crippen MR) is 71.9 cm³/mol. The van der Waals surface area contributed by atoms with Crippen molar-refractivity contribution in [1.82, 2.24) is 15.3 Å². The Labute approximate surface area is 110 Å². The summed E-state index contributed by atoms with van der Waals surface area (Å²) in [6.45, 7) is 3.59. The molecular formula is C14H15N3O2. The lowest BCUT2D eigenvalue weighted by atomic mass is 10.2. The van der Waals surface area contributed by atoms with Crippen molar-refractivity contribution in [1.29, 1.82) is 0 Å². The molecule has 0 bridgehead atoms. The highest BCUT2D eigenvalue weighted by Crippen LogP contribution is 2.08. The average Bonchev–Trinajstić information content (AvgIpc) is 2.39. The molecule has 1 atom stereocenters. The maximum Gasteiger partial charge on any atom is 0.260 e. The van der Waals surface area contributed by atoms with Crippen molar-refractivity contribution in [2.45, 2.75) is 19.9 Å². The number of nitrogens with zero attached hydrogens (tertiary/aromatic N) is 1. The van der Waals surface area contributed by atoms with Crippen LogP contribution in [0.3, 0.4) is 0 Å². The van der Waals surface area contributed by atoms with Crippen molar-refractivity contribution in [3.05, 3.63) is 63.8 Å². The van der Waals surface area contributed by atoms with Gasteiger partial charge in [0.05, 0.1) is 11.7 Å². The first-order valence-corrected chi connectivity index (χ1v) is 5.99. The summed E-state index contributed by atoms with van der Waals surface area (Å²) < 4.78 is 0. The molecule has 5 heteroatoms. The molecule has 2 aromatic rings. The highest BCUT2D eigenvalue weighted by molar-refractivity contribution is 5.94. The first-order valence-electron chi connectivity index (χ1n) is 5.99. The minimum absolute atomic E-state index is 0.105. The third-order valence-corrected chi connectivity index (χ3v) is 2.78. The molecule has 1 unspecified atom stereocenters. The summed E-state index contributed by atoms with van der Waals surface area (Å²) >= 11 is 0. The van der Waals surface area contributed by atoms with Gasteiger partial charge in [0.2, 0.25) is 0 Å². The van der Waals surface area contributed by atoms with Crippen LogP contribution in [0.5, 0.6) is 0 Å². The monoisotopic (exact) mass is 257 g/mol. The van der Waals surface area contributed by atoms with Crippen LogP contribution in [0.1, 0.15) is 34.7 Å². The van der Waals surface area contributed by atoms with Crippen molar-refractivity contribution < 1.29 is 4.79 Å². The van der Waals surface area contributed by atoms with Gasteiger partial charge in [-0.3, -0.25) is 14.6 Å². The molecule has 0 fully saturated rings. The van der Waals surface area contributed by atoms with Crippen molar-refractivity contribution in [2.75, 3.05) is 0 Å². The van der Waals surface area contributed by atoms with Crippen LogP contribution in [0.15, 0.2) is 41.3 Å². The minimum Gasteiger partial charge on any atom is -0.344 e. The van der Waals surface area contributed by atoms with Crippen LogP contribution in [-0.2, 0) is 0 Å². The molecule has 5 nitrogen and oxygen atoms in total. The quantitative estimate of drug-likeness (QED) is 0.876. The molecular weight excluding hydrogens is 242 g/mol. The van der Waals surface area contributed by atoms with Crippen molar-refractivity contribution >= 4 is 5.91 Å². The van der Waals surface area contributed by atoms with Gasteiger partial charge in [0.25, 0.3) is 11.5 Å². The summed E-state index contributed by atoms with van der Waals surface area (Å²) in [7, 11) is 0. The average molecular weight is 257 g/mol. The van der Waals surface area contributed by atoms with Gasteiger partial charge in [-0.1, -0.05) is 6.07 Å². The number of hydrogen-bond acceptors (Lipinski definition) is 3. The van der Waals surface area contributed by atoms with E-state index in [0.717, 1.165) is 11.4 Å². The lowest BCUT2D eigenvalue weighted by Gasteiger charge is -2.12. The Morgan fingerprint density at radius 2 is 2.11 bits per heavy atom. The molecule has 0 saturated heterocycles.